The van der Waals surface area contributed by atoms with Crippen LogP contribution < -0.4 is 5.56 Å². The normalized spacial score (nSPS) is 10.2. The average molecular weight is 171 g/mol. The Balaban J connectivity index is 2.82. The highest BCUT2D eigenvalue weighted by Crippen LogP contribution is 2.12. The summed E-state index contributed by atoms with van der Waals surface area (Å²) in [5.41, 5.74) is 1.79. The Labute approximate surface area is 75.5 Å². The van der Waals surface area contributed by atoms with Gasteiger partial charge in [-0.2, -0.15) is 0 Å². The Morgan fingerprint density at radius 2 is 2.00 bits per heavy atom. The largest absolute Gasteiger partial charge is 0.322 e. The lowest BCUT2D eigenvalue weighted by molar-refractivity contribution is 1.31. The molecule has 0 unspecified atom stereocenters. The predicted octanol–water partition coefficient (Wildman–Crippen LogP) is 2.17. The lowest BCUT2D eigenvalue weighted by atomic mass is 10.1. The number of benzene rings is 1. The van der Waals surface area contributed by atoms with E-state index in [2.05, 4.69) is 11.6 Å². The maximum Gasteiger partial charge on any atom is 0.248 e. The standard InChI is InChI=1S/C11H9NO/c1-2-8-3-4-9-5-6-11(13)12-10(9)7-8/h2-7H,1H2,(H,12,13). The van der Waals surface area contributed by atoms with Crippen molar-refractivity contribution in [2.24, 2.45) is 0 Å². The second-order valence-electron chi connectivity index (χ2n) is 2.87. The summed E-state index contributed by atoms with van der Waals surface area (Å²) in [6, 6.07) is 9.16. The first-order chi connectivity index (χ1) is 6.29. The third-order valence-corrected chi connectivity index (χ3v) is 1.99. The van der Waals surface area contributed by atoms with Crippen LogP contribution in [0, 0.1) is 0 Å². The van der Waals surface area contributed by atoms with Crippen molar-refractivity contribution >= 4 is 17.0 Å². The molecule has 1 heterocycles. The summed E-state index contributed by atoms with van der Waals surface area (Å²) in [6.07, 6.45) is 1.75. The molecule has 2 aromatic rings. The van der Waals surface area contributed by atoms with Gasteiger partial charge in [-0.05, 0) is 23.1 Å². The van der Waals surface area contributed by atoms with Gasteiger partial charge >= 0.3 is 0 Å². The topological polar surface area (TPSA) is 32.9 Å². The highest BCUT2D eigenvalue weighted by Gasteiger charge is 1.93. The molecule has 13 heavy (non-hydrogen) atoms. The van der Waals surface area contributed by atoms with Gasteiger partial charge in [0.25, 0.3) is 0 Å². The highest BCUT2D eigenvalue weighted by molar-refractivity contribution is 5.80. The van der Waals surface area contributed by atoms with Gasteiger partial charge in [-0.25, -0.2) is 0 Å². The van der Waals surface area contributed by atoms with Crippen LogP contribution in [0.25, 0.3) is 17.0 Å². The Kier molecular flexibility index (Phi) is 1.74. The molecule has 0 aliphatic rings. The molecule has 64 valence electrons. The minimum atomic E-state index is -0.0753. The minimum Gasteiger partial charge on any atom is -0.322 e. The van der Waals surface area contributed by atoms with Gasteiger partial charge in [0.15, 0.2) is 0 Å². The maximum absolute atomic E-state index is 11.0. The SMILES string of the molecule is C=Cc1ccc2ccc(=O)[nH]c2c1. The van der Waals surface area contributed by atoms with Crippen molar-refractivity contribution in [2.75, 3.05) is 0 Å². The Morgan fingerprint density at radius 1 is 1.23 bits per heavy atom. The first-order valence-electron chi connectivity index (χ1n) is 4.05. The van der Waals surface area contributed by atoms with E-state index < -0.39 is 0 Å². The highest BCUT2D eigenvalue weighted by atomic mass is 16.1. The molecular weight excluding hydrogens is 162 g/mol. The van der Waals surface area contributed by atoms with E-state index in [4.69, 9.17) is 0 Å². The van der Waals surface area contributed by atoms with Gasteiger partial charge in [0.05, 0.1) is 0 Å². The molecule has 0 saturated heterocycles. The predicted molar refractivity (Wildman–Crippen MR) is 54.7 cm³/mol. The zero-order valence-electron chi connectivity index (χ0n) is 7.08. The van der Waals surface area contributed by atoms with Crippen LogP contribution in [0.15, 0.2) is 41.7 Å². The second kappa shape index (κ2) is 2.90. The summed E-state index contributed by atoms with van der Waals surface area (Å²) in [5.74, 6) is 0. The fourth-order valence-corrected chi connectivity index (χ4v) is 1.29. The van der Waals surface area contributed by atoms with E-state index in [0.29, 0.717) is 0 Å². The van der Waals surface area contributed by atoms with Crippen molar-refractivity contribution < 1.29 is 0 Å². The molecule has 1 aromatic heterocycles. The van der Waals surface area contributed by atoms with Crippen LogP contribution in [0.3, 0.4) is 0 Å². The number of aromatic amines is 1. The molecule has 2 rings (SSSR count). The van der Waals surface area contributed by atoms with Gasteiger partial charge in [-0.3, -0.25) is 4.79 Å². The summed E-state index contributed by atoms with van der Waals surface area (Å²) in [5, 5.41) is 1.03. The molecule has 0 radical (unpaired) electrons. The van der Waals surface area contributed by atoms with Crippen LogP contribution in [0.1, 0.15) is 5.56 Å². The van der Waals surface area contributed by atoms with E-state index >= 15 is 0 Å². The summed E-state index contributed by atoms with van der Waals surface area (Å²) in [7, 11) is 0. The van der Waals surface area contributed by atoms with E-state index in [1.165, 1.54) is 6.07 Å². The number of pyridine rings is 1. The van der Waals surface area contributed by atoms with Crippen molar-refractivity contribution in [1.82, 2.24) is 4.98 Å². The molecule has 0 saturated carbocycles. The summed E-state index contributed by atoms with van der Waals surface area (Å²) >= 11 is 0. The van der Waals surface area contributed by atoms with Gasteiger partial charge in [-0.1, -0.05) is 24.8 Å². The molecule has 1 N–H and O–H groups in total. The Morgan fingerprint density at radius 3 is 2.77 bits per heavy atom. The smallest absolute Gasteiger partial charge is 0.248 e. The number of H-pyrrole nitrogens is 1. The lowest BCUT2D eigenvalue weighted by Gasteiger charge is -1.97. The fraction of sp³-hybridized carbons (Fsp3) is 0. The third-order valence-electron chi connectivity index (χ3n) is 1.99. The summed E-state index contributed by atoms with van der Waals surface area (Å²) in [6.45, 7) is 3.67. The molecule has 0 aliphatic carbocycles. The van der Waals surface area contributed by atoms with Gasteiger partial charge in [0, 0.05) is 11.6 Å². The molecule has 2 heteroatoms. The van der Waals surface area contributed by atoms with E-state index in [1.54, 1.807) is 12.1 Å². The van der Waals surface area contributed by atoms with Gasteiger partial charge in [0.2, 0.25) is 5.56 Å². The summed E-state index contributed by atoms with van der Waals surface area (Å²) < 4.78 is 0. The van der Waals surface area contributed by atoms with Crippen LogP contribution in [0.4, 0.5) is 0 Å². The average Bonchev–Trinajstić information content (AvgIpc) is 2.16. The van der Waals surface area contributed by atoms with Crippen LogP contribution in [0.2, 0.25) is 0 Å². The minimum absolute atomic E-state index is 0.0753. The zero-order valence-corrected chi connectivity index (χ0v) is 7.08. The quantitative estimate of drug-likeness (QED) is 0.700. The molecule has 2 nitrogen and oxygen atoms in total. The first kappa shape index (κ1) is 7.80. The fourth-order valence-electron chi connectivity index (χ4n) is 1.29. The van der Waals surface area contributed by atoms with E-state index in [0.717, 1.165) is 16.5 Å². The van der Waals surface area contributed by atoms with Crippen molar-refractivity contribution in [2.45, 2.75) is 0 Å². The van der Waals surface area contributed by atoms with Gasteiger partial charge in [0.1, 0.15) is 0 Å². The van der Waals surface area contributed by atoms with E-state index in [1.807, 2.05) is 18.2 Å². The van der Waals surface area contributed by atoms with Crippen molar-refractivity contribution in [3.8, 4) is 0 Å². The molecule has 1 aromatic carbocycles. The number of rotatable bonds is 1. The van der Waals surface area contributed by atoms with E-state index in [9.17, 15) is 4.79 Å². The number of hydrogen-bond acceptors (Lipinski definition) is 1. The number of fused-ring (bicyclic) bond motifs is 1. The monoisotopic (exact) mass is 171 g/mol. The van der Waals surface area contributed by atoms with Crippen LogP contribution >= 0.6 is 0 Å². The molecular formula is C11H9NO. The van der Waals surface area contributed by atoms with Crippen molar-refractivity contribution in [3.63, 3.8) is 0 Å². The first-order valence-corrected chi connectivity index (χ1v) is 4.05. The Hall–Kier alpha value is -1.83. The molecule has 0 atom stereocenters. The lowest BCUT2D eigenvalue weighted by Crippen LogP contribution is -2.01. The molecule has 0 spiro atoms. The van der Waals surface area contributed by atoms with Gasteiger partial charge < -0.3 is 4.98 Å². The van der Waals surface area contributed by atoms with E-state index in [-0.39, 0.29) is 5.56 Å². The number of aromatic nitrogens is 1. The molecule has 0 fully saturated rings. The van der Waals surface area contributed by atoms with Crippen LogP contribution in [-0.2, 0) is 0 Å². The second-order valence-corrected chi connectivity index (χ2v) is 2.87. The maximum atomic E-state index is 11.0. The Bertz CT molecular complexity index is 511. The number of hydrogen-bond donors (Lipinski definition) is 1. The van der Waals surface area contributed by atoms with Crippen molar-refractivity contribution in [1.29, 1.82) is 0 Å². The van der Waals surface area contributed by atoms with Crippen molar-refractivity contribution in [3.05, 3.63) is 52.8 Å². The van der Waals surface area contributed by atoms with Crippen LogP contribution in [0.5, 0.6) is 0 Å². The zero-order chi connectivity index (χ0) is 9.26. The van der Waals surface area contributed by atoms with Crippen LogP contribution in [-0.4, -0.2) is 4.98 Å². The summed E-state index contributed by atoms with van der Waals surface area (Å²) in [4.78, 5) is 13.8. The van der Waals surface area contributed by atoms with Gasteiger partial charge in [-0.15, -0.1) is 0 Å². The third kappa shape index (κ3) is 1.38. The molecule has 0 aliphatic heterocycles. The molecule has 0 amide bonds. The number of nitrogens with one attached hydrogen (secondary N) is 1. The molecule has 0 bridgehead atoms.